The van der Waals surface area contributed by atoms with Gasteiger partial charge in [-0.2, -0.15) is 0 Å². The third kappa shape index (κ3) is 4.22. The summed E-state index contributed by atoms with van der Waals surface area (Å²) in [6.07, 6.45) is 6.52. The van der Waals surface area contributed by atoms with Gasteiger partial charge < -0.3 is 10.1 Å². The van der Waals surface area contributed by atoms with E-state index in [4.69, 9.17) is 4.74 Å². The molecule has 1 saturated carbocycles. The molecule has 0 radical (unpaired) electrons. The van der Waals surface area contributed by atoms with Crippen molar-refractivity contribution in [2.75, 3.05) is 17.1 Å². The van der Waals surface area contributed by atoms with E-state index in [-0.39, 0.29) is 4.90 Å². The molecule has 1 fully saturated rings. The first-order valence-corrected chi connectivity index (χ1v) is 9.86. The summed E-state index contributed by atoms with van der Waals surface area (Å²) in [6, 6.07) is 8.87. The first kappa shape index (κ1) is 17.5. The lowest BCUT2D eigenvalue weighted by Gasteiger charge is -2.14. The maximum Gasteiger partial charge on any atom is 0.263 e. The zero-order valence-electron chi connectivity index (χ0n) is 14.5. The molecule has 1 aliphatic rings. The highest BCUT2D eigenvalue weighted by Gasteiger charge is 2.18. The van der Waals surface area contributed by atoms with Gasteiger partial charge in [0.25, 0.3) is 10.0 Å². The summed E-state index contributed by atoms with van der Waals surface area (Å²) < 4.78 is 32.8. The molecule has 0 aliphatic heterocycles. The van der Waals surface area contributed by atoms with Crippen LogP contribution in [-0.2, 0) is 10.0 Å². The third-order valence-electron chi connectivity index (χ3n) is 4.40. The summed E-state index contributed by atoms with van der Waals surface area (Å²) in [5.41, 5.74) is 1.53. The van der Waals surface area contributed by atoms with Crippen LogP contribution in [-0.4, -0.2) is 26.6 Å². The van der Waals surface area contributed by atoms with Gasteiger partial charge in [-0.3, -0.25) is 4.72 Å². The van der Waals surface area contributed by atoms with Crippen molar-refractivity contribution in [3.63, 3.8) is 0 Å². The molecule has 1 heterocycles. The lowest BCUT2D eigenvalue weighted by Crippen LogP contribution is -2.16. The number of rotatable bonds is 6. The molecule has 6 nitrogen and oxygen atoms in total. The Balaban J connectivity index is 1.72. The number of aryl methyl sites for hydroxylation is 1. The van der Waals surface area contributed by atoms with Crippen LogP contribution in [0.3, 0.4) is 0 Å². The SMILES string of the molecule is COc1ccc(S(=O)(=O)Nc2ccc(NC3CCCC3)cn2)c(C)c1. The number of pyridine rings is 1. The van der Waals surface area contributed by atoms with E-state index in [0.717, 1.165) is 5.69 Å². The molecule has 0 bridgehead atoms. The second-order valence-corrected chi connectivity index (χ2v) is 7.95. The molecule has 0 amide bonds. The predicted molar refractivity (Wildman–Crippen MR) is 98.7 cm³/mol. The van der Waals surface area contributed by atoms with Gasteiger partial charge in [-0.15, -0.1) is 0 Å². The number of hydrogen-bond donors (Lipinski definition) is 2. The molecule has 1 aromatic carbocycles. The van der Waals surface area contributed by atoms with Gasteiger partial charge in [0.2, 0.25) is 0 Å². The Bertz CT molecular complexity index is 829. The average molecular weight is 361 g/mol. The van der Waals surface area contributed by atoms with Crippen molar-refractivity contribution in [2.45, 2.75) is 43.5 Å². The number of sulfonamides is 1. The number of ether oxygens (including phenoxy) is 1. The van der Waals surface area contributed by atoms with E-state index in [1.54, 1.807) is 38.4 Å². The summed E-state index contributed by atoms with van der Waals surface area (Å²) in [5, 5.41) is 3.43. The van der Waals surface area contributed by atoms with Gasteiger partial charge in [-0.05, 0) is 55.7 Å². The second kappa shape index (κ2) is 7.31. The molecule has 2 aromatic rings. The zero-order valence-corrected chi connectivity index (χ0v) is 15.3. The highest BCUT2D eigenvalue weighted by atomic mass is 32.2. The molecular formula is C18H23N3O3S. The van der Waals surface area contributed by atoms with Gasteiger partial charge in [0, 0.05) is 6.04 Å². The minimum atomic E-state index is -3.69. The van der Waals surface area contributed by atoms with Crippen molar-refractivity contribution in [2.24, 2.45) is 0 Å². The van der Waals surface area contributed by atoms with E-state index in [2.05, 4.69) is 15.0 Å². The number of methoxy groups -OCH3 is 1. The molecule has 134 valence electrons. The highest BCUT2D eigenvalue weighted by molar-refractivity contribution is 7.92. The summed E-state index contributed by atoms with van der Waals surface area (Å²) in [4.78, 5) is 4.43. The Labute approximate surface area is 148 Å². The number of anilines is 2. The van der Waals surface area contributed by atoms with Crippen molar-refractivity contribution >= 4 is 21.5 Å². The van der Waals surface area contributed by atoms with Gasteiger partial charge in [0.1, 0.15) is 11.6 Å². The minimum Gasteiger partial charge on any atom is -0.497 e. The average Bonchev–Trinajstić information content (AvgIpc) is 3.09. The molecule has 25 heavy (non-hydrogen) atoms. The quantitative estimate of drug-likeness (QED) is 0.822. The van der Waals surface area contributed by atoms with E-state index in [1.807, 2.05) is 6.07 Å². The molecule has 0 atom stereocenters. The van der Waals surface area contributed by atoms with Crippen LogP contribution in [0.4, 0.5) is 11.5 Å². The second-order valence-electron chi connectivity index (χ2n) is 6.29. The third-order valence-corrected chi connectivity index (χ3v) is 5.91. The van der Waals surface area contributed by atoms with E-state index in [1.165, 1.54) is 31.7 Å². The maximum absolute atomic E-state index is 12.6. The van der Waals surface area contributed by atoms with Gasteiger partial charge in [0.15, 0.2) is 0 Å². The normalized spacial score (nSPS) is 15.1. The van der Waals surface area contributed by atoms with Crippen LogP contribution < -0.4 is 14.8 Å². The Morgan fingerprint density at radius 2 is 1.92 bits per heavy atom. The van der Waals surface area contributed by atoms with E-state index in [9.17, 15) is 8.42 Å². The molecule has 7 heteroatoms. The molecule has 0 spiro atoms. The van der Waals surface area contributed by atoms with Crippen LogP contribution in [0, 0.1) is 6.92 Å². The number of nitrogens with one attached hydrogen (secondary N) is 2. The Hall–Kier alpha value is -2.28. The minimum absolute atomic E-state index is 0.211. The lowest BCUT2D eigenvalue weighted by molar-refractivity contribution is 0.414. The Kier molecular flexibility index (Phi) is 5.13. The van der Waals surface area contributed by atoms with Crippen LogP contribution in [0.25, 0.3) is 0 Å². The predicted octanol–water partition coefficient (Wildman–Crippen LogP) is 3.55. The Morgan fingerprint density at radius 3 is 2.52 bits per heavy atom. The fraction of sp³-hybridized carbons (Fsp3) is 0.389. The fourth-order valence-electron chi connectivity index (χ4n) is 3.09. The molecule has 1 aromatic heterocycles. The van der Waals surface area contributed by atoms with Crippen LogP contribution in [0.2, 0.25) is 0 Å². The summed E-state index contributed by atoms with van der Waals surface area (Å²) in [7, 11) is -2.14. The van der Waals surface area contributed by atoms with Crippen molar-refractivity contribution < 1.29 is 13.2 Å². The van der Waals surface area contributed by atoms with Gasteiger partial charge in [0.05, 0.1) is 23.9 Å². The molecular weight excluding hydrogens is 338 g/mol. The topological polar surface area (TPSA) is 80.3 Å². The van der Waals surface area contributed by atoms with Crippen LogP contribution >= 0.6 is 0 Å². The number of nitrogens with zero attached hydrogens (tertiary/aromatic N) is 1. The molecule has 0 saturated heterocycles. The van der Waals surface area contributed by atoms with Crippen molar-refractivity contribution in [3.05, 3.63) is 42.1 Å². The first-order valence-electron chi connectivity index (χ1n) is 8.38. The van der Waals surface area contributed by atoms with Crippen LogP contribution in [0.5, 0.6) is 5.75 Å². The van der Waals surface area contributed by atoms with Crippen LogP contribution in [0.1, 0.15) is 31.2 Å². The van der Waals surface area contributed by atoms with Crippen molar-refractivity contribution in [3.8, 4) is 5.75 Å². The van der Waals surface area contributed by atoms with E-state index < -0.39 is 10.0 Å². The van der Waals surface area contributed by atoms with Crippen molar-refractivity contribution in [1.82, 2.24) is 4.98 Å². The van der Waals surface area contributed by atoms with E-state index in [0.29, 0.717) is 23.2 Å². The standard InChI is InChI=1S/C18H23N3O3S/c1-13-11-16(24-2)8-9-17(13)25(22,23)21-18-10-7-15(12-19-18)20-14-5-3-4-6-14/h7-12,14,20H,3-6H2,1-2H3,(H,19,21). The highest BCUT2D eigenvalue weighted by Crippen LogP contribution is 2.24. The van der Waals surface area contributed by atoms with Gasteiger partial charge in [-0.25, -0.2) is 13.4 Å². The first-order chi connectivity index (χ1) is 12.0. The molecule has 0 unspecified atom stereocenters. The summed E-state index contributed by atoms with van der Waals surface area (Å²) in [6.45, 7) is 1.74. The van der Waals surface area contributed by atoms with Gasteiger partial charge in [-0.1, -0.05) is 12.8 Å². The van der Waals surface area contributed by atoms with E-state index >= 15 is 0 Å². The van der Waals surface area contributed by atoms with Crippen LogP contribution in [0.15, 0.2) is 41.4 Å². The molecule has 2 N–H and O–H groups in total. The molecule has 3 rings (SSSR count). The number of hydrogen-bond acceptors (Lipinski definition) is 5. The number of aromatic nitrogens is 1. The smallest absolute Gasteiger partial charge is 0.263 e. The Morgan fingerprint density at radius 1 is 1.16 bits per heavy atom. The number of benzene rings is 1. The maximum atomic E-state index is 12.6. The van der Waals surface area contributed by atoms with Crippen molar-refractivity contribution in [1.29, 1.82) is 0 Å². The summed E-state index contributed by atoms with van der Waals surface area (Å²) >= 11 is 0. The molecule has 1 aliphatic carbocycles. The fourth-order valence-corrected chi connectivity index (χ4v) is 4.32. The largest absolute Gasteiger partial charge is 0.497 e. The lowest BCUT2D eigenvalue weighted by atomic mass is 10.2. The summed E-state index contributed by atoms with van der Waals surface area (Å²) in [5.74, 6) is 0.920. The monoisotopic (exact) mass is 361 g/mol. The van der Waals surface area contributed by atoms with Gasteiger partial charge >= 0.3 is 0 Å². The zero-order chi connectivity index (χ0) is 17.9.